The second-order valence-electron chi connectivity index (χ2n) is 4.51. The molecule has 4 heteroatoms. The van der Waals surface area contributed by atoms with Gasteiger partial charge in [-0.1, -0.05) is 6.92 Å². The molecule has 0 aromatic rings. The van der Waals surface area contributed by atoms with Crippen LogP contribution in [0.3, 0.4) is 0 Å². The van der Waals surface area contributed by atoms with Gasteiger partial charge in [0.25, 0.3) is 0 Å². The molecule has 1 atom stereocenters. The minimum absolute atomic E-state index is 0.104. The zero-order valence-electron chi connectivity index (χ0n) is 9.54. The van der Waals surface area contributed by atoms with Gasteiger partial charge < -0.3 is 4.90 Å². The maximum absolute atomic E-state index is 11.8. The molecule has 2 aliphatic rings. The molecule has 2 aliphatic heterocycles. The SMILES string of the molecule is CCC1CCCN1NC(=O)N1CCCC1. The van der Waals surface area contributed by atoms with Crippen LogP contribution in [-0.2, 0) is 0 Å². The van der Waals surface area contributed by atoms with E-state index < -0.39 is 0 Å². The molecule has 1 N–H and O–H groups in total. The zero-order chi connectivity index (χ0) is 10.7. The van der Waals surface area contributed by atoms with Crippen LogP contribution in [0.4, 0.5) is 4.79 Å². The fourth-order valence-electron chi connectivity index (χ4n) is 2.52. The topological polar surface area (TPSA) is 35.6 Å². The molecule has 0 aliphatic carbocycles. The van der Waals surface area contributed by atoms with Gasteiger partial charge in [0.15, 0.2) is 0 Å². The van der Waals surface area contributed by atoms with Gasteiger partial charge in [0.1, 0.15) is 0 Å². The van der Waals surface area contributed by atoms with Crippen LogP contribution in [0.15, 0.2) is 0 Å². The van der Waals surface area contributed by atoms with Gasteiger partial charge in [-0.3, -0.25) is 5.43 Å². The van der Waals surface area contributed by atoms with E-state index in [1.54, 1.807) is 0 Å². The predicted octanol–water partition coefficient (Wildman–Crippen LogP) is 1.58. The molecule has 1 unspecified atom stereocenters. The number of hydrogen-bond donors (Lipinski definition) is 1. The molecule has 2 amide bonds. The molecule has 86 valence electrons. The highest BCUT2D eigenvalue weighted by molar-refractivity contribution is 5.73. The number of carbonyl (C=O) groups excluding carboxylic acids is 1. The Labute approximate surface area is 91.6 Å². The lowest BCUT2D eigenvalue weighted by Crippen LogP contribution is -2.50. The molecule has 2 heterocycles. The van der Waals surface area contributed by atoms with Gasteiger partial charge >= 0.3 is 6.03 Å². The van der Waals surface area contributed by atoms with Crippen molar-refractivity contribution in [2.75, 3.05) is 19.6 Å². The second kappa shape index (κ2) is 4.84. The maximum Gasteiger partial charge on any atom is 0.331 e. The summed E-state index contributed by atoms with van der Waals surface area (Å²) in [5.41, 5.74) is 3.04. The van der Waals surface area contributed by atoms with E-state index in [1.807, 2.05) is 4.90 Å². The average molecular weight is 211 g/mol. The standard InChI is InChI=1S/C11H21N3O/c1-2-10-6-5-9-14(10)12-11(15)13-7-3-4-8-13/h10H,2-9H2,1H3,(H,12,15). The largest absolute Gasteiger partial charge is 0.331 e. The van der Waals surface area contributed by atoms with E-state index in [-0.39, 0.29) is 6.03 Å². The first kappa shape index (κ1) is 10.7. The second-order valence-corrected chi connectivity index (χ2v) is 4.51. The highest BCUT2D eigenvalue weighted by Gasteiger charge is 2.26. The summed E-state index contributed by atoms with van der Waals surface area (Å²) in [5.74, 6) is 0. The molecule has 0 saturated carbocycles. The van der Waals surface area contributed by atoms with Gasteiger partial charge in [0, 0.05) is 25.7 Å². The monoisotopic (exact) mass is 211 g/mol. The number of rotatable bonds is 2. The van der Waals surface area contributed by atoms with Crippen LogP contribution in [0.2, 0.25) is 0 Å². The van der Waals surface area contributed by atoms with Crippen LogP contribution in [0.1, 0.15) is 39.0 Å². The van der Waals surface area contributed by atoms with E-state index in [2.05, 4.69) is 17.4 Å². The first-order valence-electron chi connectivity index (χ1n) is 6.13. The lowest BCUT2D eigenvalue weighted by molar-refractivity contribution is 0.141. The normalized spacial score (nSPS) is 27.3. The van der Waals surface area contributed by atoms with Crippen LogP contribution in [0.5, 0.6) is 0 Å². The lowest BCUT2D eigenvalue weighted by atomic mass is 10.2. The minimum Gasteiger partial charge on any atom is -0.324 e. The molecule has 0 radical (unpaired) electrons. The van der Waals surface area contributed by atoms with E-state index in [4.69, 9.17) is 0 Å². The van der Waals surface area contributed by atoms with Crippen LogP contribution >= 0.6 is 0 Å². The summed E-state index contributed by atoms with van der Waals surface area (Å²) in [7, 11) is 0. The number of nitrogens with zero attached hydrogens (tertiary/aromatic N) is 2. The molecule has 4 nitrogen and oxygen atoms in total. The number of amides is 2. The van der Waals surface area contributed by atoms with Crippen molar-refractivity contribution in [3.8, 4) is 0 Å². The third kappa shape index (κ3) is 2.43. The molecule has 2 rings (SSSR count). The van der Waals surface area contributed by atoms with Crippen molar-refractivity contribution >= 4 is 6.03 Å². The molecular formula is C11H21N3O. The Morgan fingerprint density at radius 2 is 2.00 bits per heavy atom. The molecule has 2 saturated heterocycles. The van der Waals surface area contributed by atoms with E-state index in [0.29, 0.717) is 6.04 Å². The van der Waals surface area contributed by atoms with Gasteiger partial charge in [-0.2, -0.15) is 0 Å². The fourth-order valence-corrected chi connectivity index (χ4v) is 2.52. The zero-order valence-corrected chi connectivity index (χ0v) is 9.54. The number of hydrazine groups is 1. The number of carbonyl (C=O) groups is 1. The molecule has 0 aromatic carbocycles. The highest BCUT2D eigenvalue weighted by atomic mass is 16.2. The first-order valence-corrected chi connectivity index (χ1v) is 6.13. The van der Waals surface area contributed by atoms with Crippen LogP contribution < -0.4 is 5.43 Å². The molecule has 0 bridgehead atoms. The van der Waals surface area contributed by atoms with Gasteiger partial charge in [-0.05, 0) is 32.1 Å². The Balaban J connectivity index is 1.82. The van der Waals surface area contributed by atoms with Gasteiger partial charge in [-0.15, -0.1) is 0 Å². The lowest BCUT2D eigenvalue weighted by Gasteiger charge is -2.26. The Bertz CT molecular complexity index is 226. The van der Waals surface area contributed by atoms with Crippen molar-refractivity contribution in [1.29, 1.82) is 0 Å². The van der Waals surface area contributed by atoms with Crippen molar-refractivity contribution < 1.29 is 4.79 Å². The van der Waals surface area contributed by atoms with Crippen molar-refractivity contribution in [3.63, 3.8) is 0 Å². The third-order valence-electron chi connectivity index (χ3n) is 3.48. The summed E-state index contributed by atoms with van der Waals surface area (Å²) in [4.78, 5) is 13.8. The summed E-state index contributed by atoms with van der Waals surface area (Å²) < 4.78 is 0. The molecule has 15 heavy (non-hydrogen) atoms. The maximum atomic E-state index is 11.8. The van der Waals surface area contributed by atoms with Gasteiger partial charge in [0.2, 0.25) is 0 Å². The van der Waals surface area contributed by atoms with E-state index in [9.17, 15) is 4.79 Å². The average Bonchev–Trinajstić information content (AvgIpc) is 2.87. The summed E-state index contributed by atoms with van der Waals surface area (Å²) in [5, 5.41) is 2.13. The van der Waals surface area contributed by atoms with Crippen molar-refractivity contribution in [3.05, 3.63) is 0 Å². The summed E-state index contributed by atoms with van der Waals surface area (Å²) in [6.45, 7) is 5.05. The predicted molar refractivity (Wildman–Crippen MR) is 59.4 cm³/mol. The quantitative estimate of drug-likeness (QED) is 0.752. The van der Waals surface area contributed by atoms with Crippen molar-refractivity contribution in [1.82, 2.24) is 15.3 Å². The Morgan fingerprint density at radius 1 is 1.27 bits per heavy atom. The van der Waals surface area contributed by atoms with Gasteiger partial charge in [0.05, 0.1) is 0 Å². The van der Waals surface area contributed by atoms with Crippen LogP contribution in [-0.4, -0.2) is 41.6 Å². The molecule has 2 fully saturated rings. The first-order chi connectivity index (χ1) is 7.31. The van der Waals surface area contributed by atoms with Crippen molar-refractivity contribution in [2.24, 2.45) is 0 Å². The van der Waals surface area contributed by atoms with E-state index in [0.717, 1.165) is 38.9 Å². The fraction of sp³-hybridized carbons (Fsp3) is 0.909. The summed E-state index contributed by atoms with van der Waals surface area (Å²) in [6, 6.07) is 0.657. The van der Waals surface area contributed by atoms with Crippen LogP contribution in [0, 0.1) is 0 Å². The Kier molecular flexibility index (Phi) is 3.46. The van der Waals surface area contributed by atoms with Gasteiger partial charge in [-0.25, -0.2) is 9.80 Å². The molecule has 0 spiro atoms. The number of likely N-dealkylation sites (tertiary alicyclic amines) is 1. The Hall–Kier alpha value is -0.770. The molecular weight excluding hydrogens is 190 g/mol. The third-order valence-corrected chi connectivity index (χ3v) is 3.48. The van der Waals surface area contributed by atoms with E-state index >= 15 is 0 Å². The minimum atomic E-state index is 0.104. The summed E-state index contributed by atoms with van der Waals surface area (Å²) in [6.07, 6.45) is 5.87. The Morgan fingerprint density at radius 3 is 2.67 bits per heavy atom. The number of nitrogens with one attached hydrogen (secondary N) is 1. The molecule has 0 aromatic heterocycles. The highest BCUT2D eigenvalue weighted by Crippen LogP contribution is 2.17. The smallest absolute Gasteiger partial charge is 0.324 e. The summed E-state index contributed by atoms with van der Waals surface area (Å²) >= 11 is 0. The van der Waals surface area contributed by atoms with Crippen molar-refractivity contribution in [2.45, 2.75) is 45.1 Å². The van der Waals surface area contributed by atoms with Crippen LogP contribution in [0.25, 0.3) is 0 Å². The number of hydrogen-bond acceptors (Lipinski definition) is 2. The number of urea groups is 1. The van der Waals surface area contributed by atoms with E-state index in [1.165, 1.54) is 12.8 Å².